The zero-order chi connectivity index (χ0) is 10.0. The van der Waals surface area contributed by atoms with Gasteiger partial charge in [-0.15, -0.1) is 0 Å². The molecule has 1 radical (unpaired) electrons. The quantitative estimate of drug-likeness (QED) is 0.402. The van der Waals surface area contributed by atoms with E-state index in [1.165, 1.54) is 0 Å². The summed E-state index contributed by atoms with van der Waals surface area (Å²) < 4.78 is 0. The van der Waals surface area contributed by atoms with Crippen molar-refractivity contribution in [1.82, 2.24) is 0 Å². The second kappa shape index (κ2) is 930. The number of hydrogen-bond acceptors (Lipinski definition) is 4. The van der Waals surface area contributed by atoms with Crippen molar-refractivity contribution in [3.05, 3.63) is 6.92 Å². The van der Waals surface area contributed by atoms with Gasteiger partial charge in [0, 0.05) is 16.8 Å². The summed E-state index contributed by atoms with van der Waals surface area (Å²) in [6.45, 7) is 18.0. The van der Waals surface area contributed by atoms with E-state index < -0.39 is 0 Å². The summed E-state index contributed by atoms with van der Waals surface area (Å²) in [6, 6.07) is 0. The topological polar surface area (TPSA) is 68.3 Å². The van der Waals surface area contributed by atoms with Crippen LogP contribution in [0.25, 0.3) is 0 Å². The van der Waals surface area contributed by atoms with Crippen molar-refractivity contribution in [3.63, 3.8) is 0 Å². The number of rotatable bonds is 0. The van der Waals surface area contributed by atoms with Crippen molar-refractivity contribution in [1.29, 1.82) is 0 Å². The summed E-state index contributed by atoms with van der Waals surface area (Å²) in [5.41, 5.74) is 0. The van der Waals surface area contributed by atoms with Crippen molar-refractivity contribution >= 4 is 27.2 Å². The molecule has 11 heavy (non-hydrogen) atoms. The van der Waals surface area contributed by atoms with E-state index in [4.69, 9.17) is 19.2 Å². The summed E-state index contributed by atoms with van der Waals surface area (Å²) in [5, 5.41) is 0. The molecular formula is C6H9CoO4-5. The smallest absolute Gasteiger partial charge is 0 e. The molecule has 4 nitrogen and oxygen atoms in total. The minimum absolute atomic E-state index is 0. The molecule has 0 aliphatic heterocycles. The van der Waals surface area contributed by atoms with E-state index in [2.05, 4.69) is 34.1 Å². The van der Waals surface area contributed by atoms with Crippen LogP contribution in [0.15, 0.2) is 0 Å². The number of carbonyl (C=O) groups excluding carboxylic acids is 4. The van der Waals surface area contributed by atoms with Gasteiger partial charge in [0.25, 0.3) is 0 Å². The minimum Gasteiger partial charge on any atom is -0.545 e. The van der Waals surface area contributed by atoms with E-state index in [1.54, 1.807) is 6.92 Å². The molecule has 0 saturated heterocycles. The van der Waals surface area contributed by atoms with Gasteiger partial charge in [0.1, 0.15) is 0 Å². The molecule has 0 N–H and O–H groups in total. The molecule has 0 bridgehead atoms. The van der Waals surface area contributed by atoms with E-state index in [-0.39, 0.29) is 16.8 Å². The Morgan fingerprint density at radius 1 is 0.636 bits per heavy atom. The van der Waals surface area contributed by atoms with Crippen LogP contribution in [0.2, 0.25) is 0 Å². The Kier molecular flexibility index (Phi) is 4150. The van der Waals surface area contributed by atoms with Crippen LogP contribution in [0.5, 0.6) is 0 Å². The van der Waals surface area contributed by atoms with Gasteiger partial charge in [-0.05, 0) is 0 Å². The normalized spacial score (nSPS) is 2.00. The first kappa shape index (κ1) is 49.0. The molecule has 0 amide bonds. The standard InChI is InChI=1S/C2H5.4CHO.Co/c5*1-2;/h1H2,2H3;4*1H;/q5*-1;. The average molecular weight is 204 g/mol. The van der Waals surface area contributed by atoms with E-state index in [1.807, 2.05) is 0 Å². The summed E-state index contributed by atoms with van der Waals surface area (Å²) in [6.07, 6.45) is 0. The maximum Gasteiger partial charge on any atom is 0 e. The van der Waals surface area contributed by atoms with Crippen LogP contribution >= 0.6 is 0 Å². The molecule has 0 unspecified atom stereocenters. The first-order valence-corrected chi connectivity index (χ1v) is 1.65. The monoisotopic (exact) mass is 204 g/mol. The molecule has 0 aromatic heterocycles. The maximum atomic E-state index is 7.75. The first-order valence-electron chi connectivity index (χ1n) is 1.65. The molecule has 0 rings (SSSR count). The van der Waals surface area contributed by atoms with Crippen LogP contribution in [0.3, 0.4) is 0 Å². The van der Waals surface area contributed by atoms with Gasteiger partial charge in [0.2, 0.25) is 0 Å². The molecule has 0 aromatic rings. The fourth-order valence-corrected chi connectivity index (χ4v) is 0. The van der Waals surface area contributed by atoms with Crippen molar-refractivity contribution in [2.24, 2.45) is 0 Å². The van der Waals surface area contributed by atoms with E-state index in [0.29, 0.717) is 0 Å². The van der Waals surface area contributed by atoms with Gasteiger partial charge in [0.05, 0.1) is 0 Å². The number of hydrogen-bond donors (Lipinski definition) is 0. The summed E-state index contributed by atoms with van der Waals surface area (Å²) in [5.74, 6) is 0. The second-order valence-electron chi connectivity index (χ2n) is 0. The second-order valence-corrected chi connectivity index (χ2v) is 0. The molecule has 71 valence electrons. The van der Waals surface area contributed by atoms with Crippen LogP contribution in [0.1, 0.15) is 6.92 Å². The van der Waals surface area contributed by atoms with Gasteiger partial charge in [0.15, 0.2) is 0 Å². The molecule has 0 atom stereocenters. The van der Waals surface area contributed by atoms with Gasteiger partial charge in [-0.25, -0.2) is 0 Å². The van der Waals surface area contributed by atoms with Crippen molar-refractivity contribution in [3.8, 4) is 0 Å². The van der Waals surface area contributed by atoms with Crippen molar-refractivity contribution in [2.75, 3.05) is 0 Å². The van der Waals surface area contributed by atoms with Crippen LogP contribution in [-0.2, 0) is 36.0 Å². The van der Waals surface area contributed by atoms with Crippen LogP contribution in [0, 0.1) is 6.92 Å². The fraction of sp³-hybridized carbons (Fsp3) is 0.167. The molecular weight excluding hydrogens is 195 g/mol. The maximum absolute atomic E-state index is 7.75. The van der Waals surface area contributed by atoms with Crippen molar-refractivity contribution in [2.45, 2.75) is 6.92 Å². The molecule has 0 aromatic carbocycles. The van der Waals surface area contributed by atoms with Crippen LogP contribution in [-0.4, -0.2) is 27.2 Å². The van der Waals surface area contributed by atoms with Gasteiger partial charge in [-0.2, -0.15) is 6.92 Å². The molecule has 0 spiro atoms. The predicted molar refractivity (Wildman–Crippen MR) is 38.0 cm³/mol. The third kappa shape index (κ3) is 717. The fourth-order valence-electron chi connectivity index (χ4n) is 0. The summed E-state index contributed by atoms with van der Waals surface area (Å²) in [4.78, 5) is 31.0. The molecule has 0 saturated carbocycles. The van der Waals surface area contributed by atoms with E-state index >= 15 is 0 Å². The van der Waals surface area contributed by atoms with Gasteiger partial charge in [-0.1, -0.05) is 0 Å². The predicted octanol–water partition coefficient (Wildman–Crippen LogP) is -0.259. The molecule has 0 aliphatic carbocycles. The zero-order valence-corrected chi connectivity index (χ0v) is 7.02. The Hall–Kier alpha value is -0.814. The Labute approximate surface area is 77.6 Å². The molecule has 0 fully saturated rings. The van der Waals surface area contributed by atoms with E-state index in [9.17, 15) is 0 Å². The molecule has 0 aliphatic rings. The van der Waals surface area contributed by atoms with Gasteiger partial charge < -0.3 is 26.1 Å². The molecule has 5 heteroatoms. The van der Waals surface area contributed by atoms with Gasteiger partial charge in [-0.3, -0.25) is 27.2 Å². The Morgan fingerprint density at radius 3 is 0.636 bits per heavy atom. The largest absolute Gasteiger partial charge is 0.545 e. The third-order valence-corrected chi connectivity index (χ3v) is 0. The zero-order valence-electron chi connectivity index (χ0n) is 5.98. The van der Waals surface area contributed by atoms with Crippen molar-refractivity contribution < 1.29 is 36.0 Å². The Morgan fingerprint density at radius 2 is 0.636 bits per heavy atom. The minimum atomic E-state index is 0. The first-order chi connectivity index (χ1) is 5.00. The SMILES string of the molecule is [CH-]=O.[CH-]=O.[CH-]=O.[CH-]=O.[CH2-]C.[Co]. The van der Waals surface area contributed by atoms with E-state index in [0.717, 1.165) is 0 Å². The summed E-state index contributed by atoms with van der Waals surface area (Å²) in [7, 11) is 0. The average Bonchev–Trinajstić information content (AvgIpc) is 2.20. The Balaban J connectivity index is -0.00000000694. The Bertz CT molecular complexity index is 22.5. The van der Waals surface area contributed by atoms with Crippen LogP contribution < -0.4 is 0 Å². The third-order valence-electron chi connectivity index (χ3n) is 0. The van der Waals surface area contributed by atoms with Gasteiger partial charge >= 0.3 is 0 Å². The van der Waals surface area contributed by atoms with Crippen LogP contribution in [0.4, 0.5) is 0 Å². The summed E-state index contributed by atoms with van der Waals surface area (Å²) >= 11 is 0. The molecule has 0 heterocycles.